The molecule has 0 saturated carbocycles. The highest BCUT2D eigenvalue weighted by molar-refractivity contribution is 7.18. The van der Waals surface area contributed by atoms with Crippen molar-refractivity contribution in [3.05, 3.63) is 70.6 Å². The monoisotopic (exact) mass is 454 g/mol. The van der Waals surface area contributed by atoms with Crippen LogP contribution in [0.5, 0.6) is 0 Å². The van der Waals surface area contributed by atoms with Crippen LogP contribution in [0.3, 0.4) is 0 Å². The fourth-order valence-electron chi connectivity index (χ4n) is 3.79. The van der Waals surface area contributed by atoms with E-state index in [-0.39, 0.29) is 0 Å². The van der Waals surface area contributed by atoms with Gasteiger partial charge in [-0.2, -0.15) is 5.26 Å². The van der Waals surface area contributed by atoms with Crippen molar-refractivity contribution >= 4 is 50.6 Å². The molecule has 7 heteroatoms. The number of benzene rings is 1. The molecule has 0 unspecified atom stereocenters. The number of nitrogens with one attached hydrogen (secondary N) is 2. The standard InChI is InChI=1S/C26H26N6S/c1-16(2)21-15-33-24-23(21)31-25(17(3)11-18(12-27)13-28-4)32-26(24)29-10-9-19-14-30-22-8-6-5-7-20(19)22/h5-8,11,13-16,30H,4,9-10H2,1-3H3,(H,29,31,32)/b17-11+,18-13+. The number of rotatable bonds is 8. The maximum atomic E-state index is 9.34. The van der Waals surface area contributed by atoms with Crippen molar-refractivity contribution < 1.29 is 0 Å². The number of H-pyrrole nitrogens is 1. The number of para-hydroxylation sites is 1. The Hall–Kier alpha value is -3.76. The van der Waals surface area contributed by atoms with Crippen LogP contribution in [0.15, 0.2) is 58.7 Å². The van der Waals surface area contributed by atoms with Gasteiger partial charge in [0.05, 0.1) is 15.8 Å². The molecule has 2 N–H and O–H groups in total. The minimum Gasteiger partial charge on any atom is -0.368 e. The topological polar surface area (TPSA) is 89.8 Å². The summed E-state index contributed by atoms with van der Waals surface area (Å²) in [5.74, 6) is 1.77. The molecule has 0 aliphatic carbocycles. The van der Waals surface area contributed by atoms with Gasteiger partial charge in [0.2, 0.25) is 0 Å². The lowest BCUT2D eigenvalue weighted by Gasteiger charge is -2.10. The van der Waals surface area contributed by atoms with Crippen molar-refractivity contribution in [3.8, 4) is 6.07 Å². The molecule has 0 bridgehead atoms. The zero-order valence-electron chi connectivity index (χ0n) is 19.0. The third-order valence-corrected chi connectivity index (χ3v) is 6.50. The third kappa shape index (κ3) is 4.71. The second-order valence-electron chi connectivity index (χ2n) is 8.16. The normalized spacial score (nSPS) is 12.5. The third-order valence-electron chi connectivity index (χ3n) is 5.51. The summed E-state index contributed by atoms with van der Waals surface area (Å²) in [6.45, 7) is 10.4. The second-order valence-corrected chi connectivity index (χ2v) is 9.04. The second kappa shape index (κ2) is 9.80. The summed E-state index contributed by atoms with van der Waals surface area (Å²) >= 11 is 1.67. The number of fused-ring (bicyclic) bond motifs is 2. The molecule has 4 aromatic rings. The molecular weight excluding hydrogens is 428 g/mol. The van der Waals surface area contributed by atoms with Crippen molar-refractivity contribution in [2.45, 2.75) is 33.1 Å². The van der Waals surface area contributed by atoms with E-state index in [1.807, 2.05) is 13.0 Å². The van der Waals surface area contributed by atoms with Gasteiger partial charge in [-0.3, -0.25) is 4.99 Å². The van der Waals surface area contributed by atoms with Crippen LogP contribution in [-0.2, 0) is 6.42 Å². The fraction of sp³-hybridized carbons (Fsp3) is 0.231. The highest BCUT2D eigenvalue weighted by atomic mass is 32.1. The molecule has 0 saturated heterocycles. The molecule has 0 aliphatic heterocycles. The summed E-state index contributed by atoms with van der Waals surface area (Å²) in [4.78, 5) is 16.7. The number of aliphatic imine (C=N–C) groups is 1. The van der Waals surface area contributed by atoms with Crippen LogP contribution in [0.2, 0.25) is 0 Å². The van der Waals surface area contributed by atoms with Crippen LogP contribution in [-0.4, -0.2) is 28.2 Å². The molecular formula is C26H26N6S. The largest absolute Gasteiger partial charge is 0.368 e. The van der Waals surface area contributed by atoms with Gasteiger partial charge < -0.3 is 10.3 Å². The molecule has 33 heavy (non-hydrogen) atoms. The summed E-state index contributed by atoms with van der Waals surface area (Å²) in [6.07, 6.45) is 6.12. The molecule has 3 heterocycles. The summed E-state index contributed by atoms with van der Waals surface area (Å²) in [7, 11) is 0. The Kier molecular flexibility index (Phi) is 6.66. The Morgan fingerprint density at radius 1 is 1.33 bits per heavy atom. The van der Waals surface area contributed by atoms with Gasteiger partial charge in [0.15, 0.2) is 5.82 Å². The Bertz CT molecular complexity index is 1410. The van der Waals surface area contributed by atoms with E-state index in [1.54, 1.807) is 17.4 Å². The molecule has 0 aliphatic rings. The highest BCUT2D eigenvalue weighted by Gasteiger charge is 2.16. The molecule has 6 nitrogen and oxygen atoms in total. The number of thiophene rings is 1. The zero-order chi connectivity index (χ0) is 23.4. The fourth-order valence-corrected chi connectivity index (χ4v) is 4.92. The van der Waals surface area contributed by atoms with Gasteiger partial charge in [0, 0.05) is 29.8 Å². The van der Waals surface area contributed by atoms with E-state index in [9.17, 15) is 5.26 Å². The summed E-state index contributed by atoms with van der Waals surface area (Å²) in [6, 6.07) is 10.5. The smallest absolute Gasteiger partial charge is 0.157 e. The number of hydrogen-bond donors (Lipinski definition) is 2. The van der Waals surface area contributed by atoms with E-state index in [0.717, 1.165) is 40.1 Å². The molecule has 0 fully saturated rings. The molecule has 0 radical (unpaired) electrons. The van der Waals surface area contributed by atoms with Crippen molar-refractivity contribution in [2.24, 2.45) is 4.99 Å². The highest BCUT2D eigenvalue weighted by Crippen LogP contribution is 2.35. The van der Waals surface area contributed by atoms with E-state index in [0.29, 0.717) is 17.3 Å². The van der Waals surface area contributed by atoms with Crippen molar-refractivity contribution in [1.29, 1.82) is 5.26 Å². The van der Waals surface area contributed by atoms with Crippen molar-refractivity contribution in [3.63, 3.8) is 0 Å². The summed E-state index contributed by atoms with van der Waals surface area (Å²) in [5.41, 5.74) is 5.80. The van der Waals surface area contributed by atoms with Crippen LogP contribution in [0, 0.1) is 11.3 Å². The molecule has 3 aromatic heterocycles. The minimum absolute atomic E-state index is 0.351. The molecule has 166 valence electrons. The van der Waals surface area contributed by atoms with Gasteiger partial charge >= 0.3 is 0 Å². The first kappa shape index (κ1) is 22.4. The molecule has 0 spiro atoms. The lowest BCUT2D eigenvalue weighted by molar-refractivity contribution is 0.876. The van der Waals surface area contributed by atoms with Gasteiger partial charge in [-0.05, 0) is 60.2 Å². The lowest BCUT2D eigenvalue weighted by atomic mass is 10.1. The van der Waals surface area contributed by atoms with Crippen LogP contribution in [0.4, 0.5) is 5.82 Å². The Balaban J connectivity index is 1.67. The Morgan fingerprint density at radius 3 is 2.91 bits per heavy atom. The molecule has 0 atom stereocenters. The van der Waals surface area contributed by atoms with Gasteiger partial charge in [-0.25, -0.2) is 9.97 Å². The zero-order valence-corrected chi connectivity index (χ0v) is 19.8. The molecule has 0 amide bonds. The van der Waals surface area contributed by atoms with Crippen molar-refractivity contribution in [1.82, 2.24) is 15.0 Å². The van der Waals surface area contributed by atoms with Gasteiger partial charge in [0.1, 0.15) is 11.9 Å². The van der Waals surface area contributed by atoms with Gasteiger partial charge in [0.25, 0.3) is 0 Å². The number of aromatic amines is 1. The van der Waals surface area contributed by atoms with Gasteiger partial charge in [-0.1, -0.05) is 32.0 Å². The van der Waals surface area contributed by atoms with E-state index >= 15 is 0 Å². The number of hydrogen-bond acceptors (Lipinski definition) is 6. The summed E-state index contributed by atoms with van der Waals surface area (Å²) < 4.78 is 1.05. The number of aromatic nitrogens is 3. The lowest BCUT2D eigenvalue weighted by Crippen LogP contribution is -2.08. The van der Waals surface area contributed by atoms with Crippen LogP contribution < -0.4 is 5.32 Å². The Morgan fingerprint density at radius 2 is 2.15 bits per heavy atom. The van der Waals surface area contributed by atoms with E-state index < -0.39 is 0 Å². The van der Waals surface area contributed by atoms with Gasteiger partial charge in [-0.15, -0.1) is 11.3 Å². The van der Waals surface area contributed by atoms with Crippen molar-refractivity contribution in [2.75, 3.05) is 11.9 Å². The first-order valence-electron chi connectivity index (χ1n) is 10.8. The Labute approximate surface area is 197 Å². The van der Waals surface area contributed by atoms with E-state index in [2.05, 4.69) is 71.7 Å². The first-order valence-corrected chi connectivity index (χ1v) is 11.7. The SMILES string of the molecule is C=N/C=C(C#N)\C=C(/C)c1nc(NCCc2c[nH]c3ccccc23)c2scc(C(C)C)c2n1. The van der Waals surface area contributed by atoms with Crippen LogP contribution in [0.1, 0.15) is 43.6 Å². The van der Waals surface area contributed by atoms with Crippen LogP contribution >= 0.6 is 11.3 Å². The maximum Gasteiger partial charge on any atom is 0.157 e. The average Bonchev–Trinajstić information content (AvgIpc) is 3.43. The molecule has 4 rings (SSSR count). The number of allylic oxidation sites excluding steroid dienone is 3. The quantitative estimate of drug-likeness (QED) is 0.182. The number of anilines is 1. The van der Waals surface area contributed by atoms with Crippen LogP contribution in [0.25, 0.3) is 26.7 Å². The van der Waals surface area contributed by atoms with E-state index in [1.165, 1.54) is 22.7 Å². The summed E-state index contributed by atoms with van der Waals surface area (Å²) in [5, 5.41) is 16.3. The average molecular weight is 455 g/mol. The predicted octanol–water partition coefficient (Wildman–Crippen LogP) is 6.46. The minimum atomic E-state index is 0.351. The predicted molar refractivity (Wildman–Crippen MR) is 139 cm³/mol. The molecule has 1 aromatic carbocycles. The number of nitriles is 1. The maximum absolute atomic E-state index is 9.34. The number of nitrogens with zero attached hydrogens (tertiary/aromatic N) is 4. The van der Waals surface area contributed by atoms with E-state index in [4.69, 9.17) is 9.97 Å². The first-order chi connectivity index (χ1) is 16.0.